The molecule has 0 aliphatic carbocycles. The van der Waals surface area contributed by atoms with Crippen LogP contribution in [0.1, 0.15) is 0 Å². The summed E-state index contributed by atoms with van der Waals surface area (Å²) in [6, 6.07) is 0. The Balaban J connectivity index is 0. The Bertz CT molecular complexity index is 164. The van der Waals surface area contributed by atoms with Crippen molar-refractivity contribution in [1.29, 1.82) is 5.26 Å². The van der Waals surface area contributed by atoms with Crippen LogP contribution in [0.5, 0.6) is 0 Å². The molecule has 0 aliphatic rings. The number of nitrogens with zero attached hydrogens (tertiary/aromatic N) is 1. The Labute approximate surface area is 63.2 Å². The van der Waals surface area contributed by atoms with Crippen molar-refractivity contribution >= 4 is 10.1 Å². The van der Waals surface area contributed by atoms with Crippen molar-refractivity contribution in [2.24, 2.45) is 0 Å². The number of nitriles is 1. The first-order valence-corrected chi connectivity index (χ1v) is 2.34. The summed E-state index contributed by atoms with van der Waals surface area (Å²) in [4.78, 5) is 0. The third-order valence-corrected chi connectivity index (χ3v) is 0.335. The molecule has 34 valence electrons. The molecule has 0 aliphatic heterocycles. The first-order chi connectivity index (χ1) is 2.56. The van der Waals surface area contributed by atoms with Crippen LogP contribution in [0.2, 0.25) is 0 Å². The van der Waals surface area contributed by atoms with Gasteiger partial charge in [0.1, 0.15) is 0 Å². The predicted octanol–water partition coefficient (Wildman–Crippen LogP) is -3.98. The molecule has 0 aromatic rings. The van der Waals surface area contributed by atoms with Crippen molar-refractivity contribution in [1.82, 2.24) is 0 Å². The molecule has 0 heterocycles. The van der Waals surface area contributed by atoms with Gasteiger partial charge in [0.15, 0.2) is 15.5 Å². The van der Waals surface area contributed by atoms with Crippen LogP contribution in [-0.2, 0) is 10.1 Å². The zero-order chi connectivity index (χ0) is 5.21. The van der Waals surface area contributed by atoms with Crippen LogP contribution in [0.4, 0.5) is 0 Å². The van der Waals surface area contributed by atoms with Crippen LogP contribution in [-0.4, -0.2) is 13.0 Å². The van der Waals surface area contributed by atoms with Crippen LogP contribution in [0.25, 0.3) is 0 Å². The minimum atomic E-state index is -4.61. The Kier molecular flexibility index (Phi) is 5.06. The van der Waals surface area contributed by atoms with Crippen molar-refractivity contribution in [3.05, 3.63) is 0 Å². The molecule has 0 amide bonds. The maximum absolute atomic E-state index is 9.08. The Morgan fingerprint density at radius 1 is 1.57 bits per heavy atom. The first kappa shape index (κ1) is 10.4. The SMILES string of the molecule is N#CS(=O)(=O)[O-].[Na+]. The molecule has 0 spiro atoms. The quantitative estimate of drug-likeness (QED) is 0.144. The smallest absolute Gasteiger partial charge is 0.736 e. The second kappa shape index (κ2) is 3.41. The minimum absolute atomic E-state index is 0. The zero-order valence-electron chi connectivity index (χ0n) is 3.58. The topological polar surface area (TPSA) is 81.0 Å². The average Bonchev–Trinajstić information content (AvgIpc) is 1.35. The normalized spacial score (nSPS) is 8.57. The van der Waals surface area contributed by atoms with Crippen molar-refractivity contribution in [3.63, 3.8) is 0 Å². The molecule has 0 atom stereocenters. The number of hydrogen-bond donors (Lipinski definition) is 0. The van der Waals surface area contributed by atoms with Gasteiger partial charge in [-0.1, -0.05) is 0 Å². The molecule has 0 radical (unpaired) electrons. The van der Waals surface area contributed by atoms with Crippen molar-refractivity contribution in [2.75, 3.05) is 0 Å². The second-order valence-corrected chi connectivity index (χ2v) is 1.64. The van der Waals surface area contributed by atoms with Gasteiger partial charge in [-0.3, -0.25) is 0 Å². The molecular weight excluding hydrogens is 129 g/mol. The van der Waals surface area contributed by atoms with Gasteiger partial charge in [-0.05, 0) is 0 Å². The molecule has 7 heavy (non-hydrogen) atoms. The monoisotopic (exact) mass is 129 g/mol. The van der Waals surface area contributed by atoms with Crippen LogP contribution >= 0.6 is 0 Å². The number of hydrogen-bond acceptors (Lipinski definition) is 4. The third-order valence-electron chi connectivity index (χ3n) is 0.112. The Morgan fingerprint density at radius 2 is 1.71 bits per heavy atom. The molecule has 0 saturated heterocycles. The molecule has 0 N–H and O–H groups in total. The molecule has 0 aromatic heterocycles. The molecule has 0 rings (SSSR count). The molecular formula is CNNaO3S. The van der Waals surface area contributed by atoms with E-state index >= 15 is 0 Å². The van der Waals surface area contributed by atoms with Gasteiger partial charge < -0.3 is 4.55 Å². The maximum atomic E-state index is 9.08. The van der Waals surface area contributed by atoms with Crippen LogP contribution in [0, 0.1) is 10.7 Å². The molecule has 0 fully saturated rings. The Morgan fingerprint density at radius 3 is 1.71 bits per heavy atom. The predicted molar refractivity (Wildman–Crippen MR) is 15.3 cm³/mol. The number of rotatable bonds is 0. The number of thiocyanates is 1. The van der Waals surface area contributed by atoms with E-state index in [1.165, 1.54) is 0 Å². The van der Waals surface area contributed by atoms with E-state index in [4.69, 9.17) is 18.2 Å². The zero-order valence-corrected chi connectivity index (χ0v) is 6.40. The fraction of sp³-hybridized carbons (Fsp3) is 0. The summed E-state index contributed by atoms with van der Waals surface area (Å²) in [6.07, 6.45) is 0. The fourth-order valence-corrected chi connectivity index (χ4v) is 0. The van der Waals surface area contributed by atoms with Crippen molar-refractivity contribution < 1.29 is 42.5 Å². The summed E-state index contributed by atoms with van der Waals surface area (Å²) in [5.41, 5.74) is 0. The summed E-state index contributed by atoms with van der Waals surface area (Å²) in [5, 5.41) is 7.77. The van der Waals surface area contributed by atoms with E-state index in [0.717, 1.165) is 0 Å². The largest absolute Gasteiger partial charge is 1.00 e. The van der Waals surface area contributed by atoms with Gasteiger partial charge in [0.25, 0.3) is 0 Å². The van der Waals surface area contributed by atoms with Crippen molar-refractivity contribution in [3.8, 4) is 5.40 Å². The first-order valence-electron chi connectivity index (χ1n) is 0.928. The molecule has 0 aromatic carbocycles. The summed E-state index contributed by atoms with van der Waals surface area (Å²) < 4.78 is 27.2. The molecule has 0 unspecified atom stereocenters. The summed E-state index contributed by atoms with van der Waals surface area (Å²) in [6.45, 7) is 0. The molecule has 6 heteroatoms. The van der Waals surface area contributed by atoms with E-state index in [9.17, 15) is 0 Å². The Hall–Kier alpha value is 0.400. The van der Waals surface area contributed by atoms with E-state index in [-0.39, 0.29) is 29.6 Å². The van der Waals surface area contributed by atoms with Crippen molar-refractivity contribution in [2.45, 2.75) is 0 Å². The summed E-state index contributed by atoms with van der Waals surface area (Å²) in [7, 11) is -4.61. The second-order valence-electron chi connectivity index (χ2n) is 0.545. The maximum Gasteiger partial charge on any atom is 1.00 e. The van der Waals surface area contributed by atoms with E-state index in [0.29, 0.717) is 5.40 Å². The molecule has 0 bridgehead atoms. The average molecular weight is 129 g/mol. The van der Waals surface area contributed by atoms with Gasteiger partial charge >= 0.3 is 29.6 Å². The standard InChI is InChI=1S/CHNO3S.Na/c2-1-6(3,4)5;/h(H,3,4,5);/q;+1/p-1. The third kappa shape index (κ3) is 10.7. The van der Waals surface area contributed by atoms with Gasteiger partial charge in [-0.2, -0.15) is 5.26 Å². The van der Waals surface area contributed by atoms with Gasteiger partial charge in [-0.15, -0.1) is 0 Å². The molecule has 0 saturated carbocycles. The minimum Gasteiger partial charge on any atom is -0.736 e. The van der Waals surface area contributed by atoms with Gasteiger partial charge in [0.2, 0.25) is 0 Å². The van der Waals surface area contributed by atoms with Crippen LogP contribution in [0.15, 0.2) is 0 Å². The van der Waals surface area contributed by atoms with E-state index in [2.05, 4.69) is 0 Å². The van der Waals surface area contributed by atoms with Gasteiger partial charge in [0, 0.05) is 0 Å². The fourth-order valence-electron chi connectivity index (χ4n) is 0. The van der Waals surface area contributed by atoms with Gasteiger partial charge in [-0.25, -0.2) is 8.42 Å². The van der Waals surface area contributed by atoms with E-state index < -0.39 is 10.1 Å². The van der Waals surface area contributed by atoms with Gasteiger partial charge in [0.05, 0.1) is 0 Å². The van der Waals surface area contributed by atoms with E-state index in [1.807, 2.05) is 0 Å². The van der Waals surface area contributed by atoms with Crippen LogP contribution in [0.3, 0.4) is 0 Å². The van der Waals surface area contributed by atoms with E-state index in [1.54, 1.807) is 0 Å². The summed E-state index contributed by atoms with van der Waals surface area (Å²) >= 11 is 0. The molecule has 4 nitrogen and oxygen atoms in total. The summed E-state index contributed by atoms with van der Waals surface area (Å²) in [5.74, 6) is 0. The van der Waals surface area contributed by atoms with Crippen LogP contribution < -0.4 is 29.6 Å².